The van der Waals surface area contributed by atoms with Crippen molar-refractivity contribution in [2.24, 2.45) is 5.73 Å². The molecule has 0 aliphatic carbocycles. The number of rotatable bonds is 2. The van der Waals surface area contributed by atoms with E-state index in [-0.39, 0.29) is 18.7 Å². The molecule has 2 amide bonds. The van der Waals surface area contributed by atoms with Crippen molar-refractivity contribution in [2.75, 3.05) is 6.54 Å². The van der Waals surface area contributed by atoms with Gasteiger partial charge in [0.2, 0.25) is 5.91 Å². The summed E-state index contributed by atoms with van der Waals surface area (Å²) in [6.07, 6.45) is -1.29. The van der Waals surface area contributed by atoms with Gasteiger partial charge < -0.3 is 15.6 Å². The molecule has 0 saturated carbocycles. The normalized spacial score (nSPS) is 25.1. The number of amides is 2. The van der Waals surface area contributed by atoms with Crippen molar-refractivity contribution in [3.63, 3.8) is 0 Å². The van der Waals surface area contributed by atoms with Crippen molar-refractivity contribution in [2.45, 2.75) is 25.5 Å². The molecule has 84 valence electrons. The highest BCUT2D eigenvalue weighted by molar-refractivity contribution is 5.85. The first-order valence-electron chi connectivity index (χ1n) is 4.53. The average Bonchev–Trinajstić information content (AvgIpc) is 2.46. The van der Waals surface area contributed by atoms with Gasteiger partial charge in [0.1, 0.15) is 6.04 Å². The van der Waals surface area contributed by atoms with Gasteiger partial charge in [-0.2, -0.15) is 0 Å². The lowest BCUT2D eigenvalue weighted by Crippen LogP contribution is -2.43. The number of carbonyl (C=O) groups excluding carboxylic acids is 2. The summed E-state index contributed by atoms with van der Waals surface area (Å²) in [5, 5.41) is 9.32. The molecule has 0 bridgehead atoms. The molecule has 0 aromatic heterocycles. The summed E-state index contributed by atoms with van der Waals surface area (Å²) in [6.45, 7) is 4.98. The Bertz CT molecular complexity index is 302. The molecule has 1 fully saturated rings. The van der Waals surface area contributed by atoms with Crippen LogP contribution in [0.1, 0.15) is 13.3 Å². The van der Waals surface area contributed by atoms with Gasteiger partial charge >= 0.3 is 6.09 Å². The van der Waals surface area contributed by atoms with E-state index in [1.807, 2.05) is 0 Å². The lowest BCUT2D eigenvalue weighted by atomic mass is 10.2. The third-order valence-electron chi connectivity index (χ3n) is 2.10. The molecule has 1 aliphatic heterocycles. The Morgan fingerprint density at radius 3 is 2.67 bits per heavy atom. The maximum absolute atomic E-state index is 11.4. The number of hydrogen-bond donors (Lipinski definition) is 2. The first kappa shape index (κ1) is 11.5. The number of ether oxygens (including phenoxy) is 1. The second-order valence-corrected chi connectivity index (χ2v) is 3.53. The number of nitrogens with two attached hydrogens (primary N) is 1. The summed E-state index contributed by atoms with van der Waals surface area (Å²) >= 11 is 0. The molecule has 1 rings (SSSR count). The first-order chi connectivity index (χ1) is 6.91. The molecule has 0 radical (unpaired) electrons. The lowest BCUT2D eigenvalue weighted by molar-refractivity contribution is -0.121. The molecule has 15 heavy (non-hydrogen) atoms. The Morgan fingerprint density at radius 2 is 2.20 bits per heavy atom. The van der Waals surface area contributed by atoms with Crippen molar-refractivity contribution in [1.29, 1.82) is 0 Å². The van der Waals surface area contributed by atoms with E-state index < -0.39 is 24.1 Å². The van der Waals surface area contributed by atoms with Crippen LogP contribution >= 0.6 is 0 Å². The minimum Gasteiger partial charge on any atom is -0.416 e. The summed E-state index contributed by atoms with van der Waals surface area (Å²) in [4.78, 5) is 23.5. The van der Waals surface area contributed by atoms with E-state index in [1.54, 1.807) is 0 Å². The summed E-state index contributed by atoms with van der Waals surface area (Å²) < 4.78 is 4.74. The second-order valence-electron chi connectivity index (χ2n) is 3.53. The molecule has 1 unspecified atom stereocenters. The van der Waals surface area contributed by atoms with Crippen molar-refractivity contribution >= 4 is 12.0 Å². The molecule has 3 N–H and O–H groups in total. The van der Waals surface area contributed by atoms with Crippen LogP contribution in [0.5, 0.6) is 0 Å². The molecular weight excluding hydrogens is 200 g/mol. The Kier molecular flexibility index (Phi) is 3.31. The van der Waals surface area contributed by atoms with Crippen LogP contribution in [-0.4, -0.2) is 40.7 Å². The number of likely N-dealkylation sites (tertiary alicyclic amines) is 1. The summed E-state index contributed by atoms with van der Waals surface area (Å²) in [6, 6.07) is -0.799. The Hall–Kier alpha value is -1.56. The highest BCUT2D eigenvalue weighted by Crippen LogP contribution is 2.19. The summed E-state index contributed by atoms with van der Waals surface area (Å²) in [5.74, 6) is -0.421. The number of hydrogen-bond acceptors (Lipinski definition) is 4. The molecule has 0 aromatic rings. The van der Waals surface area contributed by atoms with Crippen LogP contribution in [0.4, 0.5) is 4.79 Å². The zero-order valence-corrected chi connectivity index (χ0v) is 8.47. The number of aliphatic hydroxyl groups excluding tert-OH is 1. The van der Waals surface area contributed by atoms with E-state index in [0.29, 0.717) is 0 Å². The molecule has 1 aliphatic rings. The molecule has 1 saturated heterocycles. The van der Waals surface area contributed by atoms with E-state index in [4.69, 9.17) is 10.5 Å². The third-order valence-corrected chi connectivity index (χ3v) is 2.10. The van der Waals surface area contributed by atoms with Crippen molar-refractivity contribution in [3.8, 4) is 0 Å². The van der Waals surface area contributed by atoms with E-state index in [9.17, 15) is 14.7 Å². The number of aliphatic hydroxyl groups is 1. The van der Waals surface area contributed by atoms with Gasteiger partial charge in [0.05, 0.1) is 18.4 Å². The van der Waals surface area contributed by atoms with Crippen LogP contribution in [0.3, 0.4) is 0 Å². The Balaban J connectivity index is 2.70. The summed E-state index contributed by atoms with van der Waals surface area (Å²) in [7, 11) is 0. The van der Waals surface area contributed by atoms with Gasteiger partial charge in [-0.05, 0) is 6.92 Å². The minimum absolute atomic E-state index is 0.0553. The van der Waals surface area contributed by atoms with Crippen LogP contribution in [0, 0.1) is 0 Å². The molecule has 1 heterocycles. The van der Waals surface area contributed by atoms with E-state index in [0.717, 1.165) is 4.90 Å². The predicted octanol–water partition coefficient (Wildman–Crippen LogP) is -0.423. The molecule has 2 atom stereocenters. The second kappa shape index (κ2) is 4.31. The van der Waals surface area contributed by atoms with Gasteiger partial charge in [0.25, 0.3) is 0 Å². The van der Waals surface area contributed by atoms with Crippen LogP contribution in [-0.2, 0) is 9.53 Å². The third kappa shape index (κ3) is 2.69. The van der Waals surface area contributed by atoms with E-state index in [2.05, 4.69) is 6.58 Å². The van der Waals surface area contributed by atoms with E-state index in [1.165, 1.54) is 6.92 Å². The number of carbonyl (C=O) groups is 2. The number of β-amino-alcohol motifs (C(OH)–C–C–N with tert-alkyl or cyclic N) is 1. The number of nitrogens with zero attached hydrogens (tertiary/aromatic N) is 1. The van der Waals surface area contributed by atoms with Gasteiger partial charge in [0.15, 0.2) is 0 Å². The van der Waals surface area contributed by atoms with Crippen molar-refractivity contribution in [3.05, 3.63) is 12.3 Å². The Morgan fingerprint density at radius 1 is 1.60 bits per heavy atom. The molecule has 0 aromatic carbocycles. The molecule has 6 nitrogen and oxygen atoms in total. The molecular formula is C9H14N2O4. The highest BCUT2D eigenvalue weighted by atomic mass is 16.6. The van der Waals surface area contributed by atoms with Crippen LogP contribution in [0.15, 0.2) is 12.3 Å². The molecule has 0 spiro atoms. The predicted molar refractivity (Wildman–Crippen MR) is 51.6 cm³/mol. The first-order valence-corrected chi connectivity index (χ1v) is 4.53. The van der Waals surface area contributed by atoms with Gasteiger partial charge in [0, 0.05) is 6.42 Å². The highest BCUT2D eigenvalue weighted by Gasteiger charge is 2.38. The SMILES string of the molecule is C=C(C)OC(=O)N1CC(O)C[C@H]1C(N)=O. The minimum atomic E-state index is -0.799. The van der Waals surface area contributed by atoms with Crippen LogP contribution in [0.2, 0.25) is 0 Å². The van der Waals surface area contributed by atoms with Gasteiger partial charge in [-0.1, -0.05) is 6.58 Å². The van der Waals surface area contributed by atoms with Crippen LogP contribution in [0.25, 0.3) is 0 Å². The smallest absolute Gasteiger partial charge is 0.415 e. The number of allylic oxidation sites excluding steroid dienone is 1. The van der Waals surface area contributed by atoms with Gasteiger partial charge in [-0.15, -0.1) is 0 Å². The maximum atomic E-state index is 11.4. The summed E-state index contributed by atoms with van der Waals surface area (Å²) in [5.41, 5.74) is 5.10. The van der Waals surface area contributed by atoms with E-state index >= 15 is 0 Å². The van der Waals surface area contributed by atoms with Crippen molar-refractivity contribution in [1.82, 2.24) is 4.90 Å². The average molecular weight is 214 g/mol. The Labute approximate surface area is 87.3 Å². The maximum Gasteiger partial charge on any atom is 0.415 e. The van der Waals surface area contributed by atoms with Crippen molar-refractivity contribution < 1.29 is 19.4 Å². The fourth-order valence-corrected chi connectivity index (χ4v) is 1.49. The number of primary amides is 1. The largest absolute Gasteiger partial charge is 0.416 e. The zero-order valence-electron chi connectivity index (χ0n) is 8.47. The van der Waals surface area contributed by atoms with Gasteiger partial charge in [-0.3, -0.25) is 9.69 Å². The topological polar surface area (TPSA) is 92.9 Å². The molecule has 6 heteroatoms. The van der Waals surface area contributed by atoms with Crippen LogP contribution < -0.4 is 5.73 Å². The quantitative estimate of drug-likeness (QED) is 0.610. The standard InChI is InChI=1S/C9H14N2O4/c1-5(2)15-9(14)11-4-6(12)3-7(11)8(10)13/h6-7,12H,1,3-4H2,2H3,(H2,10,13)/t6?,7-/m0/s1. The lowest BCUT2D eigenvalue weighted by Gasteiger charge is -2.20. The van der Waals surface area contributed by atoms with Gasteiger partial charge in [-0.25, -0.2) is 4.79 Å². The fourth-order valence-electron chi connectivity index (χ4n) is 1.49. The fraction of sp³-hybridized carbons (Fsp3) is 0.556. The monoisotopic (exact) mass is 214 g/mol. The zero-order chi connectivity index (χ0) is 11.6.